The smallest absolute Gasteiger partial charge is 0.180 e. The van der Waals surface area contributed by atoms with Crippen LogP contribution in [0.15, 0.2) is 18.3 Å². The second kappa shape index (κ2) is 7.82. The van der Waals surface area contributed by atoms with E-state index in [0.717, 1.165) is 31.5 Å². The van der Waals surface area contributed by atoms with Gasteiger partial charge in [-0.2, -0.15) is 0 Å². The summed E-state index contributed by atoms with van der Waals surface area (Å²) in [4.78, 5) is 6.53. The van der Waals surface area contributed by atoms with Gasteiger partial charge in [0.05, 0.1) is 7.11 Å². The number of nitrogens with zero attached hydrogens (tertiary/aromatic N) is 2. The van der Waals surface area contributed by atoms with E-state index in [-0.39, 0.29) is 0 Å². The highest BCUT2D eigenvalue weighted by Gasteiger charge is 2.00. The third-order valence-electron chi connectivity index (χ3n) is 2.71. The first kappa shape index (κ1) is 14.6. The fraction of sp³-hybridized carbons (Fsp3) is 0.571. The molecular weight excluding hydrogens is 226 g/mol. The van der Waals surface area contributed by atoms with Crippen molar-refractivity contribution in [2.75, 3.05) is 21.2 Å². The maximum absolute atomic E-state index is 7.39. The van der Waals surface area contributed by atoms with Crippen molar-refractivity contribution in [2.24, 2.45) is 0 Å². The number of hydrogen-bond donors (Lipinski definition) is 1. The van der Waals surface area contributed by atoms with E-state index in [2.05, 4.69) is 36.1 Å². The fourth-order valence-electron chi connectivity index (χ4n) is 1.82. The molecule has 18 heavy (non-hydrogen) atoms. The minimum absolute atomic E-state index is 0.365. The predicted molar refractivity (Wildman–Crippen MR) is 73.9 cm³/mol. The van der Waals surface area contributed by atoms with Gasteiger partial charge in [-0.15, -0.1) is 0 Å². The molecule has 0 aliphatic heterocycles. The van der Waals surface area contributed by atoms with Gasteiger partial charge >= 0.3 is 0 Å². The first-order valence-electron chi connectivity index (χ1n) is 6.31. The highest BCUT2D eigenvalue weighted by molar-refractivity contribution is 5.72. The minimum Gasteiger partial charge on any atom is -0.484 e. The van der Waals surface area contributed by atoms with E-state index in [1.165, 1.54) is 5.56 Å². The van der Waals surface area contributed by atoms with Crippen LogP contribution in [-0.2, 0) is 17.7 Å². The Bertz CT molecular complexity index is 377. The summed E-state index contributed by atoms with van der Waals surface area (Å²) >= 11 is 0. The van der Waals surface area contributed by atoms with Crippen LogP contribution >= 0.6 is 0 Å². The van der Waals surface area contributed by atoms with Crippen molar-refractivity contribution >= 4 is 5.90 Å². The van der Waals surface area contributed by atoms with Crippen molar-refractivity contribution in [1.82, 2.24) is 9.88 Å². The first-order chi connectivity index (χ1) is 8.61. The van der Waals surface area contributed by atoms with Gasteiger partial charge in [0.1, 0.15) is 0 Å². The molecule has 0 aliphatic rings. The lowest BCUT2D eigenvalue weighted by Crippen LogP contribution is -2.11. The molecule has 0 atom stereocenters. The Balaban J connectivity index is 2.35. The average Bonchev–Trinajstić information content (AvgIpc) is 2.34. The van der Waals surface area contributed by atoms with E-state index in [0.29, 0.717) is 12.3 Å². The highest BCUT2D eigenvalue weighted by atomic mass is 16.5. The highest BCUT2D eigenvalue weighted by Crippen LogP contribution is 2.08. The van der Waals surface area contributed by atoms with Gasteiger partial charge < -0.3 is 9.64 Å². The first-order valence-corrected chi connectivity index (χ1v) is 6.31. The number of aromatic nitrogens is 1. The van der Waals surface area contributed by atoms with Crippen molar-refractivity contribution in [3.05, 3.63) is 29.6 Å². The number of ether oxygens (including phenoxy) is 1. The maximum Gasteiger partial charge on any atom is 0.180 e. The van der Waals surface area contributed by atoms with Crippen molar-refractivity contribution in [3.63, 3.8) is 0 Å². The Hall–Kier alpha value is -1.42. The van der Waals surface area contributed by atoms with Gasteiger partial charge in [-0.3, -0.25) is 10.4 Å². The molecule has 0 radical (unpaired) electrons. The van der Waals surface area contributed by atoms with Crippen LogP contribution in [0, 0.1) is 5.41 Å². The molecule has 0 saturated heterocycles. The van der Waals surface area contributed by atoms with E-state index in [1.54, 1.807) is 7.11 Å². The Morgan fingerprint density at radius 3 is 2.83 bits per heavy atom. The number of methoxy groups -OCH3 is 1. The minimum atomic E-state index is 0.365. The lowest BCUT2D eigenvalue weighted by atomic mass is 10.1. The molecule has 1 heterocycles. The standard InChI is InChI=1S/C14H23N3O/c1-17(2)11-12-8-9-16-13(10-12)6-4-5-7-14(15)18-3/h8-10,15H,4-7,11H2,1-3H3. The average molecular weight is 249 g/mol. The number of aryl methyl sites for hydroxylation is 1. The van der Waals surface area contributed by atoms with Crippen LogP contribution in [0.4, 0.5) is 0 Å². The Morgan fingerprint density at radius 2 is 2.17 bits per heavy atom. The number of hydrogen-bond acceptors (Lipinski definition) is 4. The normalized spacial score (nSPS) is 10.7. The summed E-state index contributed by atoms with van der Waals surface area (Å²) in [5, 5.41) is 7.39. The summed E-state index contributed by atoms with van der Waals surface area (Å²) in [6.45, 7) is 0.948. The second-order valence-corrected chi connectivity index (χ2v) is 4.73. The zero-order chi connectivity index (χ0) is 13.4. The van der Waals surface area contributed by atoms with Crippen LogP contribution in [0.25, 0.3) is 0 Å². The molecule has 0 aliphatic carbocycles. The van der Waals surface area contributed by atoms with Gasteiger partial charge in [0.2, 0.25) is 0 Å². The van der Waals surface area contributed by atoms with E-state index in [1.807, 2.05) is 6.20 Å². The molecule has 0 fully saturated rings. The summed E-state index contributed by atoms with van der Waals surface area (Å²) in [6, 6.07) is 4.23. The van der Waals surface area contributed by atoms with Crippen molar-refractivity contribution in [3.8, 4) is 0 Å². The van der Waals surface area contributed by atoms with E-state index < -0.39 is 0 Å². The molecule has 0 unspecified atom stereocenters. The van der Waals surface area contributed by atoms with Crippen LogP contribution in [0.3, 0.4) is 0 Å². The molecule has 100 valence electrons. The summed E-state index contributed by atoms with van der Waals surface area (Å²) in [5.41, 5.74) is 2.44. The van der Waals surface area contributed by atoms with Crippen molar-refractivity contribution < 1.29 is 4.74 Å². The molecule has 4 nitrogen and oxygen atoms in total. The predicted octanol–water partition coefficient (Wildman–Crippen LogP) is 2.48. The van der Waals surface area contributed by atoms with Gasteiger partial charge in [0.25, 0.3) is 0 Å². The van der Waals surface area contributed by atoms with E-state index >= 15 is 0 Å². The Morgan fingerprint density at radius 1 is 1.39 bits per heavy atom. The summed E-state index contributed by atoms with van der Waals surface area (Å²) in [5.74, 6) is 0.365. The lowest BCUT2D eigenvalue weighted by Gasteiger charge is -2.10. The van der Waals surface area contributed by atoms with Crippen molar-refractivity contribution in [1.29, 1.82) is 5.41 Å². The number of rotatable bonds is 7. The number of nitrogens with one attached hydrogen (secondary N) is 1. The van der Waals surface area contributed by atoms with Gasteiger partial charge in [0, 0.05) is 24.9 Å². The molecule has 0 spiro atoms. The molecule has 4 heteroatoms. The monoisotopic (exact) mass is 249 g/mol. The van der Waals surface area contributed by atoms with Gasteiger partial charge in [0.15, 0.2) is 5.90 Å². The molecular formula is C14H23N3O. The summed E-state index contributed by atoms with van der Waals surface area (Å²) < 4.78 is 4.83. The summed E-state index contributed by atoms with van der Waals surface area (Å²) in [6.07, 6.45) is 5.59. The topological polar surface area (TPSA) is 49.2 Å². The van der Waals surface area contributed by atoms with Crippen LogP contribution in [-0.4, -0.2) is 37.0 Å². The molecule has 0 aromatic carbocycles. The Labute approximate surface area is 109 Å². The third-order valence-corrected chi connectivity index (χ3v) is 2.71. The molecule has 0 amide bonds. The SMILES string of the molecule is COC(=N)CCCCc1cc(CN(C)C)ccn1. The number of unbranched alkanes of at least 4 members (excludes halogenated alkanes) is 1. The van der Waals surface area contributed by atoms with Gasteiger partial charge in [-0.25, -0.2) is 0 Å². The maximum atomic E-state index is 7.39. The van der Waals surface area contributed by atoms with Crippen LogP contribution in [0.5, 0.6) is 0 Å². The van der Waals surface area contributed by atoms with Crippen LogP contribution in [0.1, 0.15) is 30.5 Å². The summed E-state index contributed by atoms with van der Waals surface area (Å²) in [7, 11) is 5.68. The van der Waals surface area contributed by atoms with Gasteiger partial charge in [-0.05, 0) is 51.1 Å². The second-order valence-electron chi connectivity index (χ2n) is 4.73. The van der Waals surface area contributed by atoms with Crippen molar-refractivity contribution in [2.45, 2.75) is 32.2 Å². The largest absolute Gasteiger partial charge is 0.484 e. The molecule has 1 aromatic rings. The molecule has 1 N–H and O–H groups in total. The molecule has 1 rings (SSSR count). The number of pyridine rings is 1. The van der Waals surface area contributed by atoms with Crippen LogP contribution < -0.4 is 0 Å². The zero-order valence-corrected chi connectivity index (χ0v) is 11.6. The van der Waals surface area contributed by atoms with E-state index in [9.17, 15) is 0 Å². The molecule has 1 aromatic heterocycles. The van der Waals surface area contributed by atoms with Crippen LogP contribution in [0.2, 0.25) is 0 Å². The third kappa shape index (κ3) is 5.77. The zero-order valence-electron chi connectivity index (χ0n) is 11.6. The van der Waals surface area contributed by atoms with Gasteiger partial charge in [-0.1, -0.05) is 0 Å². The van der Waals surface area contributed by atoms with E-state index in [4.69, 9.17) is 10.1 Å². The lowest BCUT2D eigenvalue weighted by molar-refractivity contribution is 0.383. The Kier molecular flexibility index (Phi) is 6.36. The molecule has 0 bridgehead atoms. The fourth-order valence-corrected chi connectivity index (χ4v) is 1.82. The quantitative estimate of drug-likeness (QED) is 0.459. The molecule has 0 saturated carbocycles.